The van der Waals surface area contributed by atoms with E-state index >= 15 is 0 Å². The Bertz CT molecular complexity index is 246. The van der Waals surface area contributed by atoms with E-state index in [2.05, 4.69) is 5.32 Å². The predicted molar refractivity (Wildman–Crippen MR) is 54.6 cm³/mol. The molecule has 0 rings (SSSR count). The summed E-state index contributed by atoms with van der Waals surface area (Å²) in [7, 11) is 0. The van der Waals surface area contributed by atoms with Gasteiger partial charge in [0.05, 0.1) is 0 Å². The molecule has 0 aromatic carbocycles. The van der Waals surface area contributed by atoms with Gasteiger partial charge in [-0.3, -0.25) is 11.1 Å². The Kier molecular flexibility index (Phi) is 5.71. The number of nitrogens with one attached hydrogen (secondary N) is 1. The van der Waals surface area contributed by atoms with Gasteiger partial charge in [-0.25, -0.2) is 4.79 Å². The molecule has 90 valence electrons. The number of hydrogen-bond donors (Lipinski definition) is 3. The molecule has 0 heterocycles. The highest BCUT2D eigenvalue weighted by molar-refractivity contribution is 5.87. The van der Waals surface area contributed by atoms with Gasteiger partial charge < -0.3 is 22.5 Å². The van der Waals surface area contributed by atoms with Crippen molar-refractivity contribution < 1.29 is 27.3 Å². The molecule has 0 aliphatic carbocycles. The molecule has 0 aromatic rings. The lowest BCUT2D eigenvalue weighted by molar-refractivity contribution is -0.123. The second kappa shape index (κ2) is 5.21. The van der Waals surface area contributed by atoms with Crippen molar-refractivity contribution in [1.82, 2.24) is 5.32 Å². The second-order valence-electron chi connectivity index (χ2n) is 4.71. The van der Waals surface area contributed by atoms with E-state index in [1.54, 1.807) is 34.6 Å². The first kappa shape index (κ1) is 16.5. The first-order valence-electron chi connectivity index (χ1n) is 4.44. The van der Waals surface area contributed by atoms with Crippen LogP contribution in [0.1, 0.15) is 34.6 Å². The van der Waals surface area contributed by atoms with Gasteiger partial charge in [0.25, 0.3) is 5.84 Å². The van der Waals surface area contributed by atoms with Crippen molar-refractivity contribution in [3.63, 3.8) is 0 Å². The number of amidine groups is 1. The highest BCUT2D eigenvalue weighted by Gasteiger charge is 2.30. The quantitative estimate of drug-likeness (QED) is 0.343. The van der Waals surface area contributed by atoms with Crippen molar-refractivity contribution in [1.29, 1.82) is 0 Å². The summed E-state index contributed by atoms with van der Waals surface area (Å²) in [6.45, 7) is 8.76. The molecule has 0 bridgehead atoms. The van der Waals surface area contributed by atoms with Gasteiger partial charge in [0.2, 0.25) is 0 Å². The molecule has 0 aromatic heterocycles. The first-order chi connectivity index (χ1) is 6.04. The monoisotopic (exact) mass is 237 g/mol. The van der Waals surface area contributed by atoms with Crippen LogP contribution in [0.25, 0.3) is 0 Å². The zero-order valence-electron chi connectivity index (χ0n) is 9.85. The van der Waals surface area contributed by atoms with Crippen LogP contribution in [-0.4, -0.2) is 23.1 Å². The fourth-order valence-electron chi connectivity index (χ4n) is 0.631. The highest BCUT2D eigenvalue weighted by atomic mass is 35.5. The van der Waals surface area contributed by atoms with E-state index < -0.39 is 17.2 Å². The maximum Gasteiger partial charge on any atom is 0.408 e. The largest absolute Gasteiger partial charge is 1.00 e. The smallest absolute Gasteiger partial charge is 0.408 e. The maximum atomic E-state index is 11.3. The zero-order valence-corrected chi connectivity index (χ0v) is 10.6. The Morgan fingerprint density at radius 3 is 1.93 bits per heavy atom. The number of ether oxygens (including phenoxy) is 1. The zero-order chi connectivity index (χ0) is 11.6. The molecule has 0 aliphatic heterocycles. The Balaban J connectivity index is 0. The lowest BCUT2D eigenvalue weighted by atomic mass is 10.1. The van der Waals surface area contributed by atoms with E-state index in [4.69, 9.17) is 15.9 Å². The molecule has 5 nitrogen and oxygen atoms in total. The van der Waals surface area contributed by atoms with Gasteiger partial charge in [0, 0.05) is 0 Å². The molecule has 0 radical (unpaired) electrons. The van der Waals surface area contributed by atoms with Crippen LogP contribution in [0.3, 0.4) is 0 Å². The SMILES string of the molecule is CC(C)(C)OC(=O)NC(C)(C)C(N)=[NH2+].[Cl-]. The van der Waals surface area contributed by atoms with Gasteiger partial charge in [-0.2, -0.15) is 0 Å². The summed E-state index contributed by atoms with van der Waals surface area (Å²) in [6.07, 6.45) is -0.532. The summed E-state index contributed by atoms with van der Waals surface area (Å²) >= 11 is 0. The summed E-state index contributed by atoms with van der Waals surface area (Å²) in [5, 5.41) is 7.97. The van der Waals surface area contributed by atoms with Crippen LogP contribution in [0, 0.1) is 0 Å². The fraction of sp³-hybridized carbons (Fsp3) is 0.778. The Hall–Kier alpha value is -0.970. The minimum atomic E-state index is -0.762. The van der Waals surface area contributed by atoms with E-state index in [9.17, 15) is 4.79 Å². The van der Waals surface area contributed by atoms with Crippen LogP contribution < -0.4 is 28.9 Å². The lowest BCUT2D eigenvalue weighted by Crippen LogP contribution is -3.00. The number of amides is 1. The van der Waals surface area contributed by atoms with Crippen LogP contribution in [0.5, 0.6) is 0 Å². The minimum absolute atomic E-state index is 0. The van der Waals surface area contributed by atoms with Gasteiger partial charge in [0.15, 0.2) is 0 Å². The van der Waals surface area contributed by atoms with Crippen molar-refractivity contribution in [3.05, 3.63) is 0 Å². The van der Waals surface area contributed by atoms with Crippen LogP contribution >= 0.6 is 0 Å². The molecule has 0 aliphatic rings. The molecule has 0 saturated heterocycles. The van der Waals surface area contributed by atoms with Crippen LogP contribution in [0.15, 0.2) is 0 Å². The predicted octanol–water partition coefficient (Wildman–Crippen LogP) is -3.59. The second-order valence-corrected chi connectivity index (χ2v) is 4.71. The van der Waals surface area contributed by atoms with Crippen LogP contribution in [0.4, 0.5) is 4.79 Å². The van der Waals surface area contributed by atoms with Crippen molar-refractivity contribution >= 4 is 11.9 Å². The highest BCUT2D eigenvalue weighted by Crippen LogP contribution is 2.08. The van der Waals surface area contributed by atoms with E-state index in [-0.39, 0.29) is 18.2 Å². The normalized spacial score (nSPS) is 11.3. The fourth-order valence-corrected chi connectivity index (χ4v) is 0.631. The van der Waals surface area contributed by atoms with Gasteiger partial charge in [0.1, 0.15) is 11.1 Å². The van der Waals surface area contributed by atoms with Gasteiger partial charge in [-0.1, -0.05) is 0 Å². The first-order valence-corrected chi connectivity index (χ1v) is 4.44. The van der Waals surface area contributed by atoms with E-state index in [1.807, 2.05) is 0 Å². The molecular formula is C9H20ClN3O2. The molecule has 0 unspecified atom stereocenters. The van der Waals surface area contributed by atoms with Crippen molar-refractivity contribution in [2.75, 3.05) is 0 Å². The van der Waals surface area contributed by atoms with Crippen LogP contribution in [-0.2, 0) is 4.74 Å². The molecule has 0 fully saturated rings. The summed E-state index contributed by atoms with van der Waals surface area (Å²) in [5.41, 5.74) is 4.12. The Labute approximate surface area is 96.7 Å². The molecule has 6 heteroatoms. The van der Waals surface area contributed by atoms with E-state index in [0.717, 1.165) is 0 Å². The summed E-state index contributed by atoms with van der Waals surface area (Å²) in [4.78, 5) is 11.3. The maximum absolute atomic E-state index is 11.3. The number of carbonyl (C=O) groups is 1. The lowest BCUT2D eigenvalue weighted by Gasteiger charge is -2.25. The molecule has 0 saturated carbocycles. The Morgan fingerprint density at radius 1 is 1.27 bits per heavy atom. The van der Waals surface area contributed by atoms with Crippen LogP contribution in [0.2, 0.25) is 0 Å². The standard InChI is InChI=1S/C9H19N3O2.ClH/c1-8(2,3)14-7(13)12-9(4,5)6(10)11;/h1-5H3,(H3,10,11)(H,12,13);1H. The minimum Gasteiger partial charge on any atom is -1.00 e. The third-order valence-corrected chi connectivity index (χ3v) is 1.54. The third-order valence-electron chi connectivity index (χ3n) is 1.54. The molecular weight excluding hydrogens is 218 g/mol. The van der Waals surface area contributed by atoms with Crippen molar-refractivity contribution in [3.8, 4) is 0 Å². The summed E-state index contributed by atoms with van der Waals surface area (Å²) in [6, 6.07) is 0. The number of nitrogens with two attached hydrogens (primary N) is 2. The Morgan fingerprint density at radius 2 is 1.67 bits per heavy atom. The topological polar surface area (TPSA) is 89.9 Å². The number of hydrogen-bond acceptors (Lipinski definition) is 2. The third kappa shape index (κ3) is 7.02. The molecule has 0 atom stereocenters. The molecule has 1 amide bonds. The number of carbonyl (C=O) groups excluding carboxylic acids is 1. The van der Waals surface area contributed by atoms with E-state index in [1.165, 1.54) is 0 Å². The summed E-state index contributed by atoms with van der Waals surface area (Å²) in [5.74, 6) is 0.142. The average Bonchev–Trinajstić information content (AvgIpc) is 1.79. The number of rotatable bonds is 2. The van der Waals surface area contributed by atoms with E-state index in [0.29, 0.717) is 0 Å². The number of halogens is 1. The van der Waals surface area contributed by atoms with Gasteiger partial charge >= 0.3 is 6.09 Å². The molecule has 0 spiro atoms. The average molecular weight is 238 g/mol. The van der Waals surface area contributed by atoms with Gasteiger partial charge in [-0.05, 0) is 34.6 Å². The summed E-state index contributed by atoms with van der Waals surface area (Å²) < 4.78 is 5.05. The van der Waals surface area contributed by atoms with Gasteiger partial charge in [-0.15, -0.1) is 0 Å². The molecule has 15 heavy (non-hydrogen) atoms. The van der Waals surface area contributed by atoms with Crippen molar-refractivity contribution in [2.24, 2.45) is 5.73 Å². The number of alkyl carbamates (subject to hydrolysis) is 1. The molecule has 5 N–H and O–H groups in total. The van der Waals surface area contributed by atoms with Crippen molar-refractivity contribution in [2.45, 2.75) is 45.8 Å².